The van der Waals surface area contributed by atoms with Gasteiger partial charge in [0, 0.05) is 34.8 Å². The summed E-state index contributed by atoms with van der Waals surface area (Å²) in [7, 11) is 1.72. The minimum Gasteiger partial charge on any atom is -0.475 e. The van der Waals surface area contributed by atoms with E-state index in [1.54, 1.807) is 13.3 Å². The second-order valence-electron chi connectivity index (χ2n) is 7.76. The largest absolute Gasteiger partial charge is 0.475 e. The van der Waals surface area contributed by atoms with E-state index in [9.17, 15) is 0 Å². The lowest BCUT2D eigenvalue weighted by Gasteiger charge is -2.26. The number of halogens is 2. The van der Waals surface area contributed by atoms with E-state index in [1.165, 1.54) is 19.3 Å². The summed E-state index contributed by atoms with van der Waals surface area (Å²) in [4.78, 5) is 16.4. The van der Waals surface area contributed by atoms with Crippen molar-refractivity contribution in [2.45, 2.75) is 19.3 Å². The van der Waals surface area contributed by atoms with Gasteiger partial charge in [-0.2, -0.15) is 0 Å². The smallest absolute Gasteiger partial charge is 0.242 e. The quantitative estimate of drug-likeness (QED) is 0.397. The molecule has 1 aliphatic heterocycles. The fraction of sp³-hybridized carbons (Fsp3) is 0.320. The van der Waals surface area contributed by atoms with Crippen LogP contribution in [-0.4, -0.2) is 54.4 Å². The average molecular weight is 469 g/mol. The number of ether oxygens (including phenoxy) is 1. The third-order valence-electron chi connectivity index (χ3n) is 5.47. The first kappa shape index (κ1) is 22.7. The zero-order valence-corrected chi connectivity index (χ0v) is 19.6. The van der Waals surface area contributed by atoms with E-state index in [-0.39, 0.29) is 0 Å². The molecule has 5 nitrogen and oxygen atoms in total. The van der Waals surface area contributed by atoms with Crippen LogP contribution in [0.5, 0.6) is 5.88 Å². The monoisotopic (exact) mass is 468 g/mol. The molecular formula is C25H26Cl2N4O. The highest BCUT2D eigenvalue weighted by molar-refractivity contribution is 6.31. The van der Waals surface area contributed by atoms with Gasteiger partial charge in [0.05, 0.1) is 11.9 Å². The Morgan fingerprint density at radius 3 is 2.00 bits per heavy atom. The maximum absolute atomic E-state index is 6.13. The summed E-state index contributed by atoms with van der Waals surface area (Å²) in [5.41, 5.74) is 3.89. The minimum atomic E-state index is 0.482. The van der Waals surface area contributed by atoms with Crippen LogP contribution in [0.1, 0.15) is 25.0 Å². The molecule has 0 amide bonds. The van der Waals surface area contributed by atoms with Crippen molar-refractivity contribution in [3.05, 3.63) is 64.3 Å². The molecule has 0 aliphatic carbocycles. The summed E-state index contributed by atoms with van der Waals surface area (Å²) < 4.78 is 6.13. The normalized spacial score (nSPS) is 14.7. The molecule has 1 aliphatic rings. The Hall–Kier alpha value is -2.47. The van der Waals surface area contributed by atoms with Gasteiger partial charge in [-0.1, -0.05) is 53.9 Å². The lowest BCUT2D eigenvalue weighted by atomic mass is 10.0. The summed E-state index contributed by atoms with van der Waals surface area (Å²) in [6, 6.07) is 15.2. The first-order chi connectivity index (χ1) is 15.6. The molecule has 0 unspecified atom stereocenters. The van der Waals surface area contributed by atoms with Crippen LogP contribution in [0.4, 0.5) is 0 Å². The van der Waals surface area contributed by atoms with E-state index in [2.05, 4.69) is 9.89 Å². The Labute approximate surface area is 199 Å². The van der Waals surface area contributed by atoms with Gasteiger partial charge in [0.2, 0.25) is 5.88 Å². The summed E-state index contributed by atoms with van der Waals surface area (Å²) >= 11 is 12.2. The Kier molecular flexibility index (Phi) is 7.74. The summed E-state index contributed by atoms with van der Waals surface area (Å²) in [5, 5.41) is 1.34. The number of nitrogens with zero attached hydrogens (tertiary/aromatic N) is 4. The van der Waals surface area contributed by atoms with Gasteiger partial charge in [-0.25, -0.2) is 9.97 Å². The van der Waals surface area contributed by atoms with E-state index in [0.29, 0.717) is 28.2 Å². The number of hydrogen-bond acceptors (Lipinski definition) is 5. The summed E-state index contributed by atoms with van der Waals surface area (Å²) in [5.74, 6) is 0.482. The number of likely N-dealkylation sites (tertiary alicyclic amines) is 1. The highest BCUT2D eigenvalue weighted by Crippen LogP contribution is 2.33. The molecule has 32 heavy (non-hydrogen) atoms. The first-order valence-electron chi connectivity index (χ1n) is 10.9. The summed E-state index contributed by atoms with van der Waals surface area (Å²) in [6.45, 7) is 3.69. The Morgan fingerprint density at radius 1 is 0.875 bits per heavy atom. The van der Waals surface area contributed by atoms with Gasteiger partial charge in [-0.15, -0.1) is 0 Å². The lowest BCUT2D eigenvalue weighted by molar-refractivity contribution is 0.180. The predicted octanol–water partition coefficient (Wildman–Crippen LogP) is 6.03. The van der Waals surface area contributed by atoms with Crippen molar-refractivity contribution in [2.24, 2.45) is 4.99 Å². The topological polar surface area (TPSA) is 50.6 Å². The molecule has 3 aromatic rings. The fourth-order valence-corrected chi connectivity index (χ4v) is 4.07. The molecule has 0 N–H and O–H groups in total. The van der Waals surface area contributed by atoms with Gasteiger partial charge in [-0.3, -0.25) is 9.89 Å². The van der Waals surface area contributed by atoms with E-state index < -0.39 is 0 Å². The Balaban J connectivity index is 1.71. The molecule has 2 heterocycles. The zero-order valence-electron chi connectivity index (χ0n) is 18.1. The SMILES string of the molecule is CN=Cc1nc(-c2ccc(Cl)cc2)c(-c2ccc(Cl)cc2)nc1OCCN1CCCCC1. The van der Waals surface area contributed by atoms with Crippen LogP contribution in [0, 0.1) is 0 Å². The van der Waals surface area contributed by atoms with Crippen molar-refractivity contribution in [1.29, 1.82) is 0 Å². The average Bonchev–Trinajstić information content (AvgIpc) is 2.82. The minimum absolute atomic E-state index is 0.482. The van der Waals surface area contributed by atoms with Crippen LogP contribution < -0.4 is 4.74 Å². The standard InChI is InChI=1S/C25H26Cl2N4O/c1-28-17-22-25(32-16-15-31-13-3-2-4-14-31)30-24(19-7-11-21(27)12-8-19)23(29-22)18-5-9-20(26)10-6-18/h5-12,17H,2-4,13-16H2,1H3. The molecule has 0 saturated carbocycles. The van der Waals surface area contributed by atoms with Crippen LogP contribution in [0.2, 0.25) is 10.0 Å². The molecule has 2 aromatic carbocycles. The van der Waals surface area contributed by atoms with Crippen molar-refractivity contribution in [3.8, 4) is 28.4 Å². The second kappa shape index (κ2) is 10.9. The number of aromatic nitrogens is 2. The molecule has 166 valence electrons. The maximum atomic E-state index is 6.13. The van der Waals surface area contributed by atoms with Crippen molar-refractivity contribution < 1.29 is 4.74 Å². The van der Waals surface area contributed by atoms with Gasteiger partial charge < -0.3 is 4.74 Å². The number of aliphatic imine (C=N–C) groups is 1. The molecule has 1 saturated heterocycles. The van der Waals surface area contributed by atoms with E-state index >= 15 is 0 Å². The van der Waals surface area contributed by atoms with Crippen molar-refractivity contribution in [3.63, 3.8) is 0 Å². The van der Waals surface area contributed by atoms with Crippen LogP contribution in [0.15, 0.2) is 53.5 Å². The van der Waals surface area contributed by atoms with E-state index in [1.807, 2.05) is 48.5 Å². The van der Waals surface area contributed by atoms with Crippen LogP contribution in [0.25, 0.3) is 22.5 Å². The van der Waals surface area contributed by atoms with E-state index in [0.717, 1.165) is 42.1 Å². The van der Waals surface area contributed by atoms with Crippen LogP contribution in [0.3, 0.4) is 0 Å². The molecule has 1 aromatic heterocycles. The van der Waals surface area contributed by atoms with Crippen molar-refractivity contribution in [2.75, 3.05) is 33.3 Å². The van der Waals surface area contributed by atoms with Gasteiger partial charge in [0.15, 0.2) is 0 Å². The van der Waals surface area contributed by atoms with Gasteiger partial charge in [0.25, 0.3) is 0 Å². The highest BCUT2D eigenvalue weighted by atomic mass is 35.5. The highest BCUT2D eigenvalue weighted by Gasteiger charge is 2.18. The molecule has 7 heteroatoms. The fourth-order valence-electron chi connectivity index (χ4n) is 3.82. The van der Waals surface area contributed by atoms with Crippen LogP contribution in [-0.2, 0) is 0 Å². The Morgan fingerprint density at radius 2 is 1.44 bits per heavy atom. The molecular weight excluding hydrogens is 443 g/mol. The van der Waals surface area contributed by atoms with Crippen molar-refractivity contribution >= 4 is 29.4 Å². The lowest BCUT2D eigenvalue weighted by Crippen LogP contribution is -2.33. The number of rotatable bonds is 7. The van der Waals surface area contributed by atoms with Crippen LogP contribution >= 0.6 is 23.2 Å². The number of piperidine rings is 1. The van der Waals surface area contributed by atoms with Crippen molar-refractivity contribution in [1.82, 2.24) is 14.9 Å². The van der Waals surface area contributed by atoms with Gasteiger partial charge in [0.1, 0.15) is 18.0 Å². The Bertz CT molecular complexity index is 1060. The molecule has 4 rings (SSSR count). The third kappa shape index (κ3) is 5.66. The second-order valence-corrected chi connectivity index (χ2v) is 8.64. The maximum Gasteiger partial charge on any atom is 0.242 e. The molecule has 0 spiro atoms. The number of benzene rings is 2. The molecule has 0 bridgehead atoms. The van der Waals surface area contributed by atoms with Gasteiger partial charge >= 0.3 is 0 Å². The van der Waals surface area contributed by atoms with E-state index in [4.69, 9.17) is 37.9 Å². The zero-order chi connectivity index (χ0) is 22.3. The summed E-state index contributed by atoms with van der Waals surface area (Å²) in [6.07, 6.45) is 5.51. The third-order valence-corrected chi connectivity index (χ3v) is 5.97. The molecule has 0 radical (unpaired) electrons. The molecule has 1 fully saturated rings. The predicted molar refractivity (Wildman–Crippen MR) is 132 cm³/mol. The number of hydrogen-bond donors (Lipinski definition) is 0. The van der Waals surface area contributed by atoms with Gasteiger partial charge in [-0.05, 0) is 50.2 Å². The molecule has 0 atom stereocenters. The first-order valence-corrected chi connectivity index (χ1v) is 11.6.